The molecule has 1 fully saturated rings. The molecule has 0 bridgehead atoms. The summed E-state index contributed by atoms with van der Waals surface area (Å²) in [5.74, 6) is 0.845. The van der Waals surface area contributed by atoms with Crippen LogP contribution in [0, 0.1) is 0 Å². The molecule has 1 unspecified atom stereocenters. The topological polar surface area (TPSA) is 58.3 Å². The second kappa shape index (κ2) is 7.40. The largest absolute Gasteiger partial charge is 0.338 e. The Bertz CT molecular complexity index is 348. The molecule has 5 heteroatoms. The van der Waals surface area contributed by atoms with Gasteiger partial charge in [0.15, 0.2) is 0 Å². The number of hydrogen-bond donors (Lipinski definition) is 1. The molecular weight excluding hydrogens is 238 g/mol. The normalized spacial score (nSPS) is 18.5. The summed E-state index contributed by atoms with van der Waals surface area (Å²) in [4.78, 5) is 13.3. The molecule has 2 heterocycles. The fraction of sp³-hybridized carbons (Fsp3) is 0.714. The zero-order chi connectivity index (χ0) is 13.5. The first-order valence-electron chi connectivity index (χ1n) is 7.29. The maximum atomic E-state index is 6.16. The van der Waals surface area contributed by atoms with E-state index in [4.69, 9.17) is 5.73 Å². The molecule has 0 saturated carbocycles. The van der Waals surface area contributed by atoms with E-state index in [0.717, 1.165) is 45.1 Å². The van der Waals surface area contributed by atoms with Gasteiger partial charge in [-0.05, 0) is 12.5 Å². The van der Waals surface area contributed by atoms with Gasteiger partial charge in [0.1, 0.15) is 0 Å². The molecule has 0 aliphatic carbocycles. The van der Waals surface area contributed by atoms with E-state index in [2.05, 4.69) is 26.7 Å². The number of unbranched alkanes of at least 4 members (excludes halogenated alkanes) is 1. The van der Waals surface area contributed by atoms with Crippen LogP contribution in [0.1, 0.15) is 26.2 Å². The van der Waals surface area contributed by atoms with Crippen LogP contribution in [0.15, 0.2) is 18.5 Å². The van der Waals surface area contributed by atoms with Crippen LogP contribution >= 0.6 is 0 Å². The molecule has 2 rings (SSSR count). The van der Waals surface area contributed by atoms with E-state index in [-0.39, 0.29) is 0 Å². The minimum atomic E-state index is 0.319. The number of rotatable bonds is 6. The lowest BCUT2D eigenvalue weighted by molar-refractivity contribution is 0.237. The molecule has 1 atom stereocenters. The Morgan fingerprint density at radius 2 is 1.89 bits per heavy atom. The van der Waals surface area contributed by atoms with Crippen molar-refractivity contribution in [2.45, 2.75) is 32.2 Å². The van der Waals surface area contributed by atoms with Crippen LogP contribution in [0.4, 0.5) is 5.95 Å². The van der Waals surface area contributed by atoms with Crippen molar-refractivity contribution >= 4 is 5.95 Å². The van der Waals surface area contributed by atoms with Crippen LogP contribution in [-0.4, -0.2) is 53.6 Å². The Kier molecular flexibility index (Phi) is 5.54. The van der Waals surface area contributed by atoms with Crippen LogP contribution in [0.2, 0.25) is 0 Å². The van der Waals surface area contributed by atoms with Gasteiger partial charge in [-0.2, -0.15) is 0 Å². The van der Waals surface area contributed by atoms with Gasteiger partial charge < -0.3 is 10.6 Å². The molecule has 1 aromatic heterocycles. The molecule has 5 nitrogen and oxygen atoms in total. The lowest BCUT2D eigenvalue weighted by Crippen LogP contribution is -2.50. The van der Waals surface area contributed by atoms with Gasteiger partial charge in [0.25, 0.3) is 0 Å². The third-order valence-corrected chi connectivity index (χ3v) is 3.63. The van der Waals surface area contributed by atoms with Gasteiger partial charge in [-0.15, -0.1) is 0 Å². The number of nitrogens with two attached hydrogens (primary N) is 1. The third-order valence-electron chi connectivity index (χ3n) is 3.63. The summed E-state index contributed by atoms with van der Waals surface area (Å²) in [5, 5.41) is 0. The van der Waals surface area contributed by atoms with Crippen LogP contribution in [0.5, 0.6) is 0 Å². The zero-order valence-electron chi connectivity index (χ0n) is 11.8. The minimum absolute atomic E-state index is 0.319. The highest BCUT2D eigenvalue weighted by molar-refractivity contribution is 5.29. The Morgan fingerprint density at radius 3 is 2.53 bits per heavy atom. The fourth-order valence-electron chi connectivity index (χ4n) is 2.47. The highest BCUT2D eigenvalue weighted by atomic mass is 15.3. The van der Waals surface area contributed by atoms with Crippen molar-refractivity contribution in [1.82, 2.24) is 14.9 Å². The number of anilines is 1. The first-order chi connectivity index (χ1) is 9.29. The SMILES string of the molecule is CCCCC(N)CN1CCN(c2ncccn2)CC1. The quantitative estimate of drug-likeness (QED) is 0.833. The van der Waals surface area contributed by atoms with E-state index < -0.39 is 0 Å². The molecule has 19 heavy (non-hydrogen) atoms. The van der Waals surface area contributed by atoms with Crippen molar-refractivity contribution in [3.63, 3.8) is 0 Å². The van der Waals surface area contributed by atoms with Crippen LogP contribution in [0.3, 0.4) is 0 Å². The predicted molar refractivity (Wildman–Crippen MR) is 78.2 cm³/mol. The number of aromatic nitrogens is 2. The molecule has 1 aliphatic heterocycles. The molecule has 106 valence electrons. The predicted octanol–water partition coefficient (Wildman–Crippen LogP) is 1.12. The smallest absolute Gasteiger partial charge is 0.225 e. The standard InChI is InChI=1S/C14H25N5/c1-2-3-5-13(15)12-18-8-10-19(11-9-18)14-16-6-4-7-17-14/h4,6-7,13H,2-3,5,8-12,15H2,1H3. The Morgan fingerprint density at radius 1 is 1.21 bits per heavy atom. The zero-order valence-corrected chi connectivity index (χ0v) is 11.8. The summed E-state index contributed by atoms with van der Waals surface area (Å²) in [6.45, 7) is 7.32. The third kappa shape index (κ3) is 4.44. The minimum Gasteiger partial charge on any atom is -0.338 e. The molecule has 0 amide bonds. The molecule has 1 aliphatic rings. The van der Waals surface area contributed by atoms with Gasteiger partial charge >= 0.3 is 0 Å². The second-order valence-corrected chi connectivity index (χ2v) is 5.24. The van der Waals surface area contributed by atoms with Crippen molar-refractivity contribution in [3.8, 4) is 0 Å². The molecule has 1 aromatic rings. The lowest BCUT2D eigenvalue weighted by atomic mass is 10.1. The van der Waals surface area contributed by atoms with E-state index in [1.54, 1.807) is 12.4 Å². The monoisotopic (exact) mass is 263 g/mol. The van der Waals surface area contributed by atoms with Crippen molar-refractivity contribution in [2.24, 2.45) is 5.73 Å². The van der Waals surface area contributed by atoms with E-state index in [1.165, 1.54) is 12.8 Å². The van der Waals surface area contributed by atoms with E-state index in [0.29, 0.717) is 6.04 Å². The molecule has 0 radical (unpaired) electrons. The van der Waals surface area contributed by atoms with E-state index in [9.17, 15) is 0 Å². The summed E-state index contributed by atoms with van der Waals surface area (Å²) in [6.07, 6.45) is 7.20. The molecule has 1 saturated heterocycles. The van der Waals surface area contributed by atoms with Gasteiger partial charge in [-0.1, -0.05) is 19.8 Å². The highest BCUT2D eigenvalue weighted by Crippen LogP contribution is 2.10. The Hall–Kier alpha value is -1.20. The Balaban J connectivity index is 1.73. The van der Waals surface area contributed by atoms with Crippen molar-refractivity contribution in [3.05, 3.63) is 18.5 Å². The van der Waals surface area contributed by atoms with Gasteiger partial charge in [-0.25, -0.2) is 9.97 Å². The van der Waals surface area contributed by atoms with Crippen LogP contribution < -0.4 is 10.6 Å². The van der Waals surface area contributed by atoms with Crippen LogP contribution in [-0.2, 0) is 0 Å². The van der Waals surface area contributed by atoms with Crippen molar-refractivity contribution < 1.29 is 0 Å². The van der Waals surface area contributed by atoms with Crippen molar-refractivity contribution in [1.29, 1.82) is 0 Å². The van der Waals surface area contributed by atoms with Gasteiger partial charge in [0.05, 0.1) is 0 Å². The first kappa shape index (κ1) is 14.2. The second-order valence-electron chi connectivity index (χ2n) is 5.24. The molecular formula is C14H25N5. The number of piperazine rings is 1. The lowest BCUT2D eigenvalue weighted by Gasteiger charge is -2.35. The maximum absolute atomic E-state index is 6.16. The molecule has 0 spiro atoms. The number of hydrogen-bond acceptors (Lipinski definition) is 5. The number of nitrogens with zero attached hydrogens (tertiary/aromatic N) is 4. The summed E-state index contributed by atoms with van der Waals surface area (Å²) in [5.41, 5.74) is 6.16. The van der Waals surface area contributed by atoms with E-state index >= 15 is 0 Å². The van der Waals surface area contributed by atoms with Crippen molar-refractivity contribution in [2.75, 3.05) is 37.6 Å². The van der Waals surface area contributed by atoms with Gasteiger partial charge in [-0.3, -0.25) is 4.90 Å². The van der Waals surface area contributed by atoms with Crippen LogP contribution in [0.25, 0.3) is 0 Å². The first-order valence-corrected chi connectivity index (χ1v) is 7.29. The summed E-state index contributed by atoms with van der Waals surface area (Å²) in [6, 6.07) is 2.17. The fourth-order valence-corrected chi connectivity index (χ4v) is 2.47. The average molecular weight is 263 g/mol. The van der Waals surface area contributed by atoms with E-state index in [1.807, 2.05) is 6.07 Å². The molecule has 2 N–H and O–H groups in total. The average Bonchev–Trinajstić information content (AvgIpc) is 2.47. The summed E-state index contributed by atoms with van der Waals surface area (Å²) < 4.78 is 0. The summed E-state index contributed by atoms with van der Waals surface area (Å²) in [7, 11) is 0. The summed E-state index contributed by atoms with van der Waals surface area (Å²) >= 11 is 0. The maximum Gasteiger partial charge on any atom is 0.225 e. The Labute approximate surface area is 115 Å². The highest BCUT2D eigenvalue weighted by Gasteiger charge is 2.19. The van der Waals surface area contributed by atoms with Gasteiger partial charge in [0.2, 0.25) is 5.95 Å². The molecule has 0 aromatic carbocycles. The van der Waals surface area contributed by atoms with Gasteiger partial charge in [0, 0.05) is 51.2 Å².